The van der Waals surface area contributed by atoms with Gasteiger partial charge in [-0.05, 0) is 55.6 Å². The second-order valence-corrected chi connectivity index (χ2v) is 5.95. The van der Waals surface area contributed by atoms with Gasteiger partial charge in [0.05, 0.1) is 0 Å². The number of rotatable bonds is 6. The van der Waals surface area contributed by atoms with Gasteiger partial charge in [0.1, 0.15) is 0 Å². The van der Waals surface area contributed by atoms with Gasteiger partial charge in [-0.3, -0.25) is 4.98 Å². The highest BCUT2D eigenvalue weighted by Gasteiger charge is 2.13. The van der Waals surface area contributed by atoms with E-state index in [0.717, 1.165) is 35.7 Å². The van der Waals surface area contributed by atoms with Gasteiger partial charge >= 0.3 is 0 Å². The highest BCUT2D eigenvalue weighted by atomic mass is 35.5. The second-order valence-electron chi connectivity index (χ2n) is 5.55. The van der Waals surface area contributed by atoms with E-state index in [1.165, 1.54) is 11.1 Å². The molecular weight excluding hydrogens is 280 g/mol. The Labute approximate surface area is 132 Å². The fourth-order valence-electron chi connectivity index (χ4n) is 2.34. The van der Waals surface area contributed by atoms with Crippen LogP contribution >= 0.6 is 11.6 Å². The van der Waals surface area contributed by atoms with Crippen LogP contribution in [0.5, 0.6) is 0 Å². The molecule has 1 N–H and O–H groups in total. The molecular formula is C18H23ClN2. The van der Waals surface area contributed by atoms with Crippen molar-refractivity contribution in [2.75, 3.05) is 6.54 Å². The maximum atomic E-state index is 6.13. The Morgan fingerprint density at radius 2 is 2.00 bits per heavy atom. The predicted octanol–water partition coefficient (Wildman–Crippen LogP) is 4.64. The molecule has 1 heterocycles. The first kappa shape index (κ1) is 16.0. The summed E-state index contributed by atoms with van der Waals surface area (Å²) in [4.78, 5) is 4.53. The number of benzene rings is 1. The Bertz CT molecular complexity index is 578. The van der Waals surface area contributed by atoms with Gasteiger partial charge < -0.3 is 5.32 Å². The molecule has 0 saturated heterocycles. The van der Waals surface area contributed by atoms with Gasteiger partial charge in [0.25, 0.3) is 0 Å². The highest BCUT2D eigenvalue weighted by molar-refractivity contribution is 6.31. The van der Waals surface area contributed by atoms with Crippen molar-refractivity contribution < 1.29 is 0 Å². The molecule has 2 aromatic rings. The van der Waals surface area contributed by atoms with Crippen LogP contribution in [0.4, 0.5) is 0 Å². The van der Waals surface area contributed by atoms with E-state index in [-0.39, 0.29) is 6.04 Å². The first-order chi connectivity index (χ1) is 10.1. The summed E-state index contributed by atoms with van der Waals surface area (Å²) < 4.78 is 0. The van der Waals surface area contributed by atoms with Gasteiger partial charge in [-0.1, -0.05) is 36.7 Å². The first-order valence-electron chi connectivity index (χ1n) is 7.51. The van der Waals surface area contributed by atoms with Crippen molar-refractivity contribution in [2.45, 2.75) is 39.7 Å². The predicted molar refractivity (Wildman–Crippen MR) is 89.9 cm³/mol. The first-order valence-corrected chi connectivity index (χ1v) is 7.89. The van der Waals surface area contributed by atoms with Crippen molar-refractivity contribution in [1.82, 2.24) is 10.3 Å². The van der Waals surface area contributed by atoms with Crippen molar-refractivity contribution in [3.05, 3.63) is 63.9 Å². The van der Waals surface area contributed by atoms with Gasteiger partial charge in [0, 0.05) is 29.4 Å². The van der Waals surface area contributed by atoms with Crippen LogP contribution in [0.1, 0.15) is 41.8 Å². The lowest BCUT2D eigenvalue weighted by Crippen LogP contribution is -2.24. The second kappa shape index (κ2) is 7.58. The van der Waals surface area contributed by atoms with E-state index >= 15 is 0 Å². The fourth-order valence-corrected chi connectivity index (χ4v) is 2.46. The summed E-state index contributed by atoms with van der Waals surface area (Å²) in [5.41, 5.74) is 4.70. The molecule has 0 spiro atoms. The Morgan fingerprint density at radius 3 is 2.62 bits per heavy atom. The number of halogens is 1. The number of hydrogen-bond acceptors (Lipinski definition) is 2. The maximum Gasteiger partial charge on any atom is 0.0435 e. The third kappa shape index (κ3) is 4.55. The Hall–Kier alpha value is -1.38. The minimum Gasteiger partial charge on any atom is -0.310 e. The molecule has 0 radical (unpaired) electrons. The Balaban J connectivity index is 2.20. The van der Waals surface area contributed by atoms with Crippen LogP contribution in [0.2, 0.25) is 5.02 Å². The topological polar surface area (TPSA) is 24.9 Å². The molecule has 0 aliphatic rings. The third-order valence-electron chi connectivity index (χ3n) is 3.61. The molecule has 0 amide bonds. The van der Waals surface area contributed by atoms with Crippen molar-refractivity contribution in [3.8, 4) is 0 Å². The van der Waals surface area contributed by atoms with E-state index in [1.54, 1.807) is 0 Å². The van der Waals surface area contributed by atoms with E-state index in [0.29, 0.717) is 0 Å². The zero-order chi connectivity index (χ0) is 15.2. The van der Waals surface area contributed by atoms with Crippen molar-refractivity contribution in [2.24, 2.45) is 0 Å². The van der Waals surface area contributed by atoms with E-state index in [1.807, 2.05) is 19.2 Å². The highest BCUT2D eigenvalue weighted by Crippen LogP contribution is 2.23. The van der Waals surface area contributed by atoms with Crippen LogP contribution in [0, 0.1) is 13.8 Å². The van der Waals surface area contributed by atoms with Gasteiger partial charge in [-0.25, -0.2) is 0 Å². The molecule has 2 nitrogen and oxygen atoms in total. The van der Waals surface area contributed by atoms with E-state index in [2.05, 4.69) is 48.4 Å². The molecule has 1 atom stereocenters. The smallest absolute Gasteiger partial charge is 0.0435 e. The average Bonchev–Trinajstić information content (AvgIpc) is 2.48. The molecule has 3 heteroatoms. The van der Waals surface area contributed by atoms with Crippen LogP contribution in [0.15, 0.2) is 36.5 Å². The average molecular weight is 303 g/mol. The van der Waals surface area contributed by atoms with Crippen molar-refractivity contribution in [3.63, 3.8) is 0 Å². The van der Waals surface area contributed by atoms with Gasteiger partial charge in [-0.15, -0.1) is 0 Å². The molecule has 1 aromatic carbocycles. The van der Waals surface area contributed by atoms with Crippen LogP contribution in [-0.2, 0) is 6.42 Å². The molecule has 0 aliphatic heterocycles. The van der Waals surface area contributed by atoms with E-state index in [9.17, 15) is 0 Å². The Morgan fingerprint density at radius 1 is 1.19 bits per heavy atom. The van der Waals surface area contributed by atoms with Crippen LogP contribution in [-0.4, -0.2) is 11.5 Å². The lowest BCUT2D eigenvalue weighted by molar-refractivity contribution is 0.524. The zero-order valence-electron chi connectivity index (χ0n) is 13.0. The monoisotopic (exact) mass is 302 g/mol. The maximum absolute atomic E-state index is 6.13. The normalized spacial score (nSPS) is 12.4. The lowest BCUT2D eigenvalue weighted by Gasteiger charge is -2.19. The summed E-state index contributed by atoms with van der Waals surface area (Å²) in [6, 6.07) is 10.8. The number of aryl methyl sites for hydroxylation is 2. The van der Waals surface area contributed by atoms with Gasteiger partial charge in [0.15, 0.2) is 0 Å². The molecule has 2 rings (SSSR count). The lowest BCUT2D eigenvalue weighted by atomic mass is 9.99. The minimum atomic E-state index is 0.274. The quantitative estimate of drug-likeness (QED) is 0.841. The molecule has 0 aliphatic carbocycles. The number of pyridine rings is 1. The van der Waals surface area contributed by atoms with Gasteiger partial charge in [-0.2, -0.15) is 0 Å². The van der Waals surface area contributed by atoms with E-state index < -0.39 is 0 Å². The number of aromatic nitrogens is 1. The van der Waals surface area contributed by atoms with Gasteiger partial charge in [0.2, 0.25) is 0 Å². The summed E-state index contributed by atoms with van der Waals surface area (Å²) in [7, 11) is 0. The molecule has 0 fully saturated rings. The SMILES string of the molecule is CCCNC(Cc1ccc(C)cn1)c1ccc(Cl)c(C)c1. The minimum absolute atomic E-state index is 0.274. The van der Waals surface area contributed by atoms with Crippen LogP contribution in [0.3, 0.4) is 0 Å². The third-order valence-corrected chi connectivity index (χ3v) is 4.04. The fraction of sp³-hybridized carbons (Fsp3) is 0.389. The summed E-state index contributed by atoms with van der Waals surface area (Å²) in [5.74, 6) is 0. The zero-order valence-corrected chi connectivity index (χ0v) is 13.7. The van der Waals surface area contributed by atoms with E-state index in [4.69, 9.17) is 11.6 Å². The molecule has 1 aromatic heterocycles. The summed E-state index contributed by atoms with van der Waals surface area (Å²) in [6.45, 7) is 7.29. The summed E-state index contributed by atoms with van der Waals surface area (Å²) in [6.07, 6.45) is 3.94. The van der Waals surface area contributed by atoms with Crippen LogP contribution < -0.4 is 5.32 Å². The van der Waals surface area contributed by atoms with Crippen LogP contribution in [0.25, 0.3) is 0 Å². The summed E-state index contributed by atoms with van der Waals surface area (Å²) >= 11 is 6.13. The largest absolute Gasteiger partial charge is 0.310 e. The molecule has 0 bridgehead atoms. The van der Waals surface area contributed by atoms with Crippen molar-refractivity contribution >= 4 is 11.6 Å². The molecule has 0 saturated carbocycles. The molecule has 112 valence electrons. The summed E-state index contributed by atoms with van der Waals surface area (Å²) in [5, 5.41) is 4.43. The number of nitrogens with zero attached hydrogens (tertiary/aromatic N) is 1. The molecule has 21 heavy (non-hydrogen) atoms. The number of nitrogens with one attached hydrogen (secondary N) is 1. The standard InChI is InChI=1S/C18H23ClN2/c1-4-9-20-18(11-16-7-5-13(2)12-21-16)15-6-8-17(19)14(3)10-15/h5-8,10,12,18,20H,4,9,11H2,1-3H3. The molecule has 1 unspecified atom stereocenters. The number of hydrogen-bond donors (Lipinski definition) is 1. The Kier molecular flexibility index (Phi) is 5.77. The van der Waals surface area contributed by atoms with Crippen molar-refractivity contribution in [1.29, 1.82) is 0 Å².